The predicted octanol–water partition coefficient (Wildman–Crippen LogP) is 1.64. The molecular formula is C11H11FO3. The summed E-state index contributed by atoms with van der Waals surface area (Å²) in [4.78, 5) is 11.1. The third kappa shape index (κ3) is 1.85. The first-order chi connectivity index (χ1) is 7.20. The highest BCUT2D eigenvalue weighted by atomic mass is 19.1. The van der Waals surface area contributed by atoms with Gasteiger partial charge in [-0.05, 0) is 6.07 Å². The van der Waals surface area contributed by atoms with Gasteiger partial charge in [0.05, 0.1) is 19.1 Å². The Morgan fingerprint density at radius 2 is 2.13 bits per heavy atom. The summed E-state index contributed by atoms with van der Waals surface area (Å²) in [5.41, 5.74) is 0.248. The number of carbonyl (C=O) groups is 1. The molecule has 1 heterocycles. The molecule has 1 saturated heterocycles. The lowest BCUT2D eigenvalue weighted by molar-refractivity contribution is -0.146. The third-order valence-corrected chi connectivity index (χ3v) is 2.64. The zero-order valence-electron chi connectivity index (χ0n) is 8.02. The first-order valence-corrected chi connectivity index (χ1v) is 4.75. The van der Waals surface area contributed by atoms with Crippen LogP contribution in [0, 0.1) is 11.7 Å². The number of hydrogen-bond donors (Lipinski definition) is 1. The van der Waals surface area contributed by atoms with Crippen molar-refractivity contribution in [3.8, 4) is 0 Å². The molecule has 4 heteroatoms. The first kappa shape index (κ1) is 10.1. The van der Waals surface area contributed by atoms with E-state index in [0.29, 0.717) is 13.2 Å². The first-order valence-electron chi connectivity index (χ1n) is 4.75. The molecule has 1 fully saturated rings. The Bertz CT molecular complexity index is 374. The van der Waals surface area contributed by atoms with Crippen LogP contribution in [0.15, 0.2) is 24.3 Å². The molecule has 2 rings (SSSR count). The van der Waals surface area contributed by atoms with Crippen LogP contribution < -0.4 is 0 Å². The summed E-state index contributed by atoms with van der Waals surface area (Å²) in [6.07, 6.45) is 0. The van der Waals surface area contributed by atoms with Gasteiger partial charge < -0.3 is 9.84 Å². The minimum Gasteiger partial charge on any atom is -0.481 e. The van der Waals surface area contributed by atoms with Crippen molar-refractivity contribution in [2.45, 2.75) is 5.92 Å². The minimum absolute atomic E-state index is 0.112. The van der Waals surface area contributed by atoms with E-state index in [1.807, 2.05) is 0 Å². The smallest absolute Gasteiger partial charge is 0.311 e. The average Bonchev–Trinajstić information content (AvgIpc) is 2.12. The van der Waals surface area contributed by atoms with E-state index in [9.17, 15) is 9.18 Å². The van der Waals surface area contributed by atoms with Crippen LogP contribution in [0.3, 0.4) is 0 Å². The fourth-order valence-electron chi connectivity index (χ4n) is 1.76. The summed E-state index contributed by atoms with van der Waals surface area (Å²) in [5.74, 6) is -2.36. The maximum Gasteiger partial charge on any atom is 0.311 e. The van der Waals surface area contributed by atoms with E-state index in [1.54, 1.807) is 12.1 Å². The van der Waals surface area contributed by atoms with Gasteiger partial charge in [0.2, 0.25) is 0 Å². The summed E-state index contributed by atoms with van der Waals surface area (Å²) >= 11 is 0. The highest BCUT2D eigenvalue weighted by Gasteiger charge is 2.36. The molecule has 1 N–H and O–H groups in total. The number of hydrogen-bond acceptors (Lipinski definition) is 2. The van der Waals surface area contributed by atoms with E-state index >= 15 is 0 Å². The van der Waals surface area contributed by atoms with Crippen molar-refractivity contribution in [2.24, 2.45) is 5.92 Å². The van der Waals surface area contributed by atoms with Gasteiger partial charge >= 0.3 is 5.97 Å². The second-order valence-electron chi connectivity index (χ2n) is 3.63. The molecule has 0 radical (unpaired) electrons. The number of ether oxygens (including phenoxy) is 1. The van der Waals surface area contributed by atoms with Crippen LogP contribution in [0.25, 0.3) is 0 Å². The van der Waals surface area contributed by atoms with Crippen molar-refractivity contribution in [1.82, 2.24) is 0 Å². The Balaban J connectivity index is 2.32. The maximum atomic E-state index is 13.4. The molecule has 0 aromatic heterocycles. The van der Waals surface area contributed by atoms with E-state index in [0.717, 1.165) is 0 Å². The molecule has 1 aliphatic rings. The van der Waals surface area contributed by atoms with E-state index in [2.05, 4.69) is 0 Å². The van der Waals surface area contributed by atoms with Crippen LogP contribution in [0.1, 0.15) is 11.5 Å². The largest absolute Gasteiger partial charge is 0.481 e. The molecule has 1 aromatic carbocycles. The van der Waals surface area contributed by atoms with Crippen LogP contribution in [0.5, 0.6) is 0 Å². The number of halogens is 1. The lowest BCUT2D eigenvalue weighted by atomic mass is 9.84. The lowest BCUT2D eigenvalue weighted by Gasteiger charge is -2.31. The summed E-state index contributed by atoms with van der Waals surface area (Å²) < 4.78 is 18.4. The Hall–Kier alpha value is -1.42. The average molecular weight is 210 g/mol. The SMILES string of the molecule is O=C(O)C(c1ccccc1F)C1COC1. The van der Waals surface area contributed by atoms with Crippen LogP contribution >= 0.6 is 0 Å². The topological polar surface area (TPSA) is 46.5 Å². The quantitative estimate of drug-likeness (QED) is 0.824. The lowest BCUT2D eigenvalue weighted by Crippen LogP contribution is -2.37. The summed E-state index contributed by atoms with van der Waals surface area (Å²) in [6.45, 7) is 0.788. The van der Waals surface area contributed by atoms with Crippen molar-refractivity contribution in [3.05, 3.63) is 35.6 Å². The van der Waals surface area contributed by atoms with Crippen LogP contribution in [0.2, 0.25) is 0 Å². The molecule has 1 aromatic rings. The molecule has 1 aliphatic heterocycles. The second-order valence-corrected chi connectivity index (χ2v) is 3.63. The van der Waals surface area contributed by atoms with Crippen molar-refractivity contribution in [1.29, 1.82) is 0 Å². The van der Waals surface area contributed by atoms with Gasteiger partial charge in [0.1, 0.15) is 5.82 Å². The van der Waals surface area contributed by atoms with Crippen molar-refractivity contribution >= 4 is 5.97 Å². The Kier molecular flexibility index (Phi) is 2.68. The van der Waals surface area contributed by atoms with E-state index in [1.165, 1.54) is 12.1 Å². The predicted molar refractivity (Wildman–Crippen MR) is 51.1 cm³/mol. The van der Waals surface area contributed by atoms with Crippen LogP contribution in [-0.4, -0.2) is 24.3 Å². The van der Waals surface area contributed by atoms with Gasteiger partial charge in [-0.1, -0.05) is 18.2 Å². The van der Waals surface area contributed by atoms with E-state index in [4.69, 9.17) is 9.84 Å². The molecule has 80 valence electrons. The molecular weight excluding hydrogens is 199 g/mol. The van der Waals surface area contributed by atoms with Gasteiger partial charge in [-0.15, -0.1) is 0 Å². The van der Waals surface area contributed by atoms with Crippen molar-refractivity contribution in [2.75, 3.05) is 13.2 Å². The monoisotopic (exact) mass is 210 g/mol. The van der Waals surface area contributed by atoms with Gasteiger partial charge in [0, 0.05) is 11.5 Å². The highest BCUT2D eigenvalue weighted by molar-refractivity contribution is 5.76. The number of aliphatic carboxylic acids is 1. The normalized spacial score (nSPS) is 18.2. The molecule has 0 aliphatic carbocycles. The molecule has 1 unspecified atom stereocenters. The summed E-state index contributed by atoms with van der Waals surface area (Å²) in [6, 6.07) is 6.00. The third-order valence-electron chi connectivity index (χ3n) is 2.64. The number of benzene rings is 1. The summed E-state index contributed by atoms with van der Waals surface area (Å²) in [5, 5.41) is 9.06. The van der Waals surface area contributed by atoms with Gasteiger partial charge in [-0.2, -0.15) is 0 Å². The van der Waals surface area contributed by atoms with Crippen LogP contribution in [0.4, 0.5) is 4.39 Å². The van der Waals surface area contributed by atoms with Crippen molar-refractivity contribution < 1.29 is 19.0 Å². The number of rotatable bonds is 3. The number of carboxylic acid groups (broad SMARTS) is 1. The Morgan fingerprint density at radius 1 is 1.47 bits per heavy atom. The van der Waals surface area contributed by atoms with Gasteiger partial charge in [0.15, 0.2) is 0 Å². The van der Waals surface area contributed by atoms with Gasteiger partial charge in [-0.25, -0.2) is 4.39 Å². The zero-order valence-corrected chi connectivity index (χ0v) is 8.02. The van der Waals surface area contributed by atoms with E-state index < -0.39 is 17.7 Å². The Labute approximate surface area is 86.5 Å². The minimum atomic E-state index is -0.992. The molecule has 0 amide bonds. The Morgan fingerprint density at radius 3 is 2.60 bits per heavy atom. The van der Waals surface area contributed by atoms with Crippen LogP contribution in [-0.2, 0) is 9.53 Å². The standard InChI is InChI=1S/C11H11FO3/c12-9-4-2-1-3-8(9)10(11(13)14)7-5-15-6-7/h1-4,7,10H,5-6H2,(H,13,14). The zero-order chi connectivity index (χ0) is 10.8. The maximum absolute atomic E-state index is 13.4. The second kappa shape index (κ2) is 3.98. The molecule has 3 nitrogen and oxygen atoms in total. The fourth-order valence-corrected chi connectivity index (χ4v) is 1.76. The van der Waals surface area contributed by atoms with Crippen molar-refractivity contribution in [3.63, 3.8) is 0 Å². The van der Waals surface area contributed by atoms with Gasteiger partial charge in [0.25, 0.3) is 0 Å². The van der Waals surface area contributed by atoms with Gasteiger partial charge in [-0.3, -0.25) is 4.79 Å². The number of carboxylic acids is 1. The van der Waals surface area contributed by atoms with E-state index in [-0.39, 0.29) is 11.5 Å². The molecule has 0 saturated carbocycles. The fraction of sp³-hybridized carbons (Fsp3) is 0.364. The highest BCUT2D eigenvalue weighted by Crippen LogP contribution is 2.31. The summed E-state index contributed by atoms with van der Waals surface area (Å²) in [7, 11) is 0. The molecule has 1 atom stereocenters. The molecule has 0 bridgehead atoms. The molecule has 0 spiro atoms. The molecule has 15 heavy (non-hydrogen) atoms.